The van der Waals surface area contributed by atoms with Crippen molar-refractivity contribution in [1.82, 2.24) is 4.90 Å². The molecule has 1 atom stereocenters. The second-order valence-corrected chi connectivity index (χ2v) is 8.88. The zero-order valence-corrected chi connectivity index (χ0v) is 19.6. The van der Waals surface area contributed by atoms with Gasteiger partial charge < -0.3 is 9.84 Å². The number of fused-ring (bicyclic) bond motifs is 1. The summed E-state index contributed by atoms with van der Waals surface area (Å²) in [5.74, 6) is 0.0736. The highest BCUT2D eigenvalue weighted by molar-refractivity contribution is 9.10. The van der Waals surface area contributed by atoms with Crippen molar-refractivity contribution in [3.8, 4) is 5.75 Å². The van der Waals surface area contributed by atoms with E-state index in [1.165, 1.54) is 18.2 Å². The summed E-state index contributed by atoms with van der Waals surface area (Å²) in [5.41, 5.74) is 0.0700. The van der Waals surface area contributed by atoms with E-state index in [1.54, 1.807) is 24.1 Å². The maximum Gasteiger partial charge on any atom is 0.278 e. The van der Waals surface area contributed by atoms with E-state index in [1.807, 2.05) is 19.1 Å². The molecule has 1 N–H and O–H groups in total. The number of hydrogen-bond donors (Lipinski definition) is 1. The quantitative estimate of drug-likeness (QED) is 0.346. The van der Waals surface area contributed by atoms with Gasteiger partial charge in [-0.25, -0.2) is 4.39 Å². The highest BCUT2D eigenvalue weighted by Crippen LogP contribution is 2.51. The number of nitrogens with zero attached hydrogens (tertiary/aromatic N) is 2. The van der Waals surface area contributed by atoms with Crippen LogP contribution >= 0.6 is 27.5 Å². The molecule has 1 aliphatic heterocycles. The van der Waals surface area contributed by atoms with E-state index in [0.717, 1.165) is 17.2 Å². The number of hydrogen-bond acceptors (Lipinski definition) is 5. The van der Waals surface area contributed by atoms with Crippen LogP contribution < -0.4 is 4.74 Å². The third kappa shape index (κ3) is 3.67. The van der Waals surface area contributed by atoms with Crippen molar-refractivity contribution in [2.45, 2.75) is 25.7 Å². The van der Waals surface area contributed by atoms with Crippen molar-refractivity contribution in [3.63, 3.8) is 0 Å². The van der Waals surface area contributed by atoms with Crippen molar-refractivity contribution in [2.24, 2.45) is 0 Å². The van der Waals surface area contributed by atoms with Gasteiger partial charge in [0, 0.05) is 34.2 Å². The molecule has 1 aliphatic rings. The summed E-state index contributed by atoms with van der Waals surface area (Å²) in [5, 5.41) is 24.2. The summed E-state index contributed by atoms with van der Waals surface area (Å²) in [6.45, 7) is 2.25. The predicted octanol–water partition coefficient (Wildman–Crippen LogP) is 5.68. The molecule has 0 saturated heterocycles. The number of aliphatic hydroxyl groups is 1. The SMILES string of the molecule is COc1ccc(CN2Cc3c(C)c(Br)cc([N+](=O)[O-])c3C2(O)c2cc(F)ccc2Cl)cc1. The summed E-state index contributed by atoms with van der Waals surface area (Å²) in [7, 11) is 1.57. The van der Waals surface area contributed by atoms with Crippen LogP contribution in [0.25, 0.3) is 0 Å². The lowest BCUT2D eigenvalue weighted by atomic mass is 9.90. The van der Waals surface area contributed by atoms with Gasteiger partial charge in [0.25, 0.3) is 5.69 Å². The zero-order valence-electron chi connectivity index (χ0n) is 17.2. The van der Waals surface area contributed by atoms with Gasteiger partial charge in [0.1, 0.15) is 11.6 Å². The molecule has 4 rings (SSSR count). The first-order valence-electron chi connectivity index (χ1n) is 9.69. The number of halogens is 3. The standard InChI is InChI=1S/C23H19BrClFN2O4/c1-13-17-12-27(11-14-3-6-16(32-2)7-4-14)23(29,18-9-15(26)5-8-20(18)25)22(17)21(28(30)31)10-19(13)24/h3-10,29H,11-12H2,1-2H3. The summed E-state index contributed by atoms with van der Waals surface area (Å²) < 4.78 is 20.0. The third-order valence-corrected chi connectivity index (χ3v) is 6.97. The molecule has 0 aromatic heterocycles. The Morgan fingerprint density at radius 2 is 1.97 bits per heavy atom. The number of benzene rings is 3. The van der Waals surface area contributed by atoms with Crippen LogP contribution in [0.2, 0.25) is 5.02 Å². The molecule has 0 fully saturated rings. The van der Waals surface area contributed by atoms with Crippen molar-refractivity contribution in [2.75, 3.05) is 7.11 Å². The Kier molecular flexibility index (Phi) is 5.98. The van der Waals surface area contributed by atoms with Crippen molar-refractivity contribution < 1.29 is 19.2 Å². The topological polar surface area (TPSA) is 75.8 Å². The van der Waals surface area contributed by atoms with E-state index in [0.29, 0.717) is 15.8 Å². The van der Waals surface area contributed by atoms with Gasteiger partial charge in [-0.05, 0) is 53.9 Å². The van der Waals surface area contributed by atoms with Crippen LogP contribution in [0.3, 0.4) is 0 Å². The van der Waals surface area contributed by atoms with E-state index in [2.05, 4.69) is 15.9 Å². The summed E-state index contributed by atoms with van der Waals surface area (Å²) in [6.07, 6.45) is 0. The van der Waals surface area contributed by atoms with Crippen molar-refractivity contribution in [1.29, 1.82) is 0 Å². The van der Waals surface area contributed by atoms with Gasteiger partial charge in [0.15, 0.2) is 5.72 Å². The molecule has 0 radical (unpaired) electrons. The molecule has 1 heterocycles. The van der Waals surface area contributed by atoms with Gasteiger partial charge in [0.05, 0.1) is 17.6 Å². The van der Waals surface area contributed by atoms with Crippen LogP contribution in [0.1, 0.15) is 27.8 Å². The van der Waals surface area contributed by atoms with E-state index >= 15 is 0 Å². The monoisotopic (exact) mass is 520 g/mol. The molecule has 3 aromatic rings. The molecular weight excluding hydrogens is 503 g/mol. The summed E-state index contributed by atoms with van der Waals surface area (Å²) in [6, 6.07) is 12.3. The Hall–Kier alpha value is -2.52. The van der Waals surface area contributed by atoms with E-state index < -0.39 is 16.5 Å². The lowest BCUT2D eigenvalue weighted by molar-refractivity contribution is -0.387. The third-order valence-electron chi connectivity index (χ3n) is 5.82. The molecule has 3 aromatic carbocycles. The van der Waals surface area contributed by atoms with Crippen LogP contribution in [0, 0.1) is 22.9 Å². The largest absolute Gasteiger partial charge is 0.497 e. The summed E-state index contributed by atoms with van der Waals surface area (Å²) in [4.78, 5) is 13.1. The molecule has 0 aliphatic carbocycles. The van der Waals surface area contributed by atoms with Crippen LogP contribution in [0.15, 0.2) is 53.0 Å². The van der Waals surface area contributed by atoms with Gasteiger partial charge in [0.2, 0.25) is 0 Å². The normalized spacial score (nSPS) is 17.9. The molecule has 0 bridgehead atoms. The van der Waals surface area contributed by atoms with Crippen molar-refractivity contribution >= 4 is 33.2 Å². The van der Waals surface area contributed by atoms with Crippen LogP contribution in [-0.2, 0) is 18.8 Å². The average molecular weight is 522 g/mol. The van der Waals surface area contributed by atoms with Gasteiger partial charge >= 0.3 is 0 Å². The van der Waals surface area contributed by atoms with E-state index in [4.69, 9.17) is 16.3 Å². The predicted molar refractivity (Wildman–Crippen MR) is 122 cm³/mol. The first-order valence-corrected chi connectivity index (χ1v) is 10.9. The van der Waals surface area contributed by atoms with Gasteiger partial charge in [-0.15, -0.1) is 0 Å². The number of nitro groups is 1. The minimum absolute atomic E-state index is 0.0521. The number of rotatable bonds is 5. The average Bonchev–Trinajstić information content (AvgIpc) is 3.06. The first-order chi connectivity index (χ1) is 15.2. The van der Waals surface area contributed by atoms with Crippen LogP contribution in [0.4, 0.5) is 10.1 Å². The Labute approximate surface area is 197 Å². The molecule has 32 heavy (non-hydrogen) atoms. The van der Waals surface area contributed by atoms with E-state index in [9.17, 15) is 19.6 Å². The zero-order chi connectivity index (χ0) is 23.2. The number of nitro benzene ring substituents is 1. The van der Waals surface area contributed by atoms with Crippen LogP contribution in [-0.4, -0.2) is 22.0 Å². The smallest absolute Gasteiger partial charge is 0.278 e. The fourth-order valence-corrected chi connectivity index (χ4v) is 4.88. The molecular formula is C23H19BrClFN2O4. The second-order valence-electron chi connectivity index (χ2n) is 7.61. The molecule has 0 amide bonds. The second kappa shape index (κ2) is 8.44. The Morgan fingerprint density at radius 3 is 2.59 bits per heavy atom. The van der Waals surface area contributed by atoms with Gasteiger partial charge in [-0.3, -0.25) is 15.0 Å². The van der Waals surface area contributed by atoms with Crippen LogP contribution in [0.5, 0.6) is 5.75 Å². The Morgan fingerprint density at radius 1 is 1.28 bits per heavy atom. The Balaban J connectivity index is 1.95. The maximum atomic E-state index is 14.2. The lowest BCUT2D eigenvalue weighted by Crippen LogP contribution is -2.42. The minimum atomic E-state index is -2.01. The minimum Gasteiger partial charge on any atom is -0.497 e. The van der Waals surface area contributed by atoms with Gasteiger partial charge in [-0.1, -0.05) is 39.7 Å². The fraction of sp³-hybridized carbons (Fsp3) is 0.217. The van der Waals surface area contributed by atoms with Crippen molar-refractivity contribution in [3.05, 3.63) is 102 Å². The highest BCUT2D eigenvalue weighted by Gasteiger charge is 2.51. The van der Waals surface area contributed by atoms with E-state index in [-0.39, 0.29) is 34.9 Å². The molecule has 1 unspecified atom stereocenters. The number of ether oxygens (including phenoxy) is 1. The maximum absolute atomic E-state index is 14.2. The molecule has 9 heteroatoms. The Bertz CT molecular complexity index is 1220. The molecule has 0 spiro atoms. The molecule has 6 nitrogen and oxygen atoms in total. The molecule has 166 valence electrons. The van der Waals surface area contributed by atoms with Gasteiger partial charge in [-0.2, -0.15) is 0 Å². The fourth-order valence-electron chi connectivity index (χ4n) is 4.17. The molecule has 0 saturated carbocycles. The first kappa shape index (κ1) is 22.7. The lowest BCUT2D eigenvalue weighted by Gasteiger charge is -2.35. The highest BCUT2D eigenvalue weighted by atomic mass is 79.9. The summed E-state index contributed by atoms with van der Waals surface area (Å²) >= 11 is 9.78. The number of methoxy groups -OCH3 is 1.